The van der Waals surface area contributed by atoms with Crippen molar-refractivity contribution in [3.8, 4) is 0 Å². The fourth-order valence-electron chi connectivity index (χ4n) is 1.53. The smallest absolute Gasteiger partial charge is 0.478 e. The van der Waals surface area contributed by atoms with E-state index < -0.39 is 31.4 Å². The van der Waals surface area contributed by atoms with E-state index >= 15 is 0 Å². The molecule has 26 heavy (non-hydrogen) atoms. The van der Waals surface area contributed by atoms with E-state index in [1.54, 1.807) is 21.1 Å². The van der Waals surface area contributed by atoms with Crippen LogP contribution in [0.3, 0.4) is 0 Å². The lowest BCUT2D eigenvalue weighted by Gasteiger charge is -2.26. The summed E-state index contributed by atoms with van der Waals surface area (Å²) >= 11 is 5.87. The van der Waals surface area contributed by atoms with Crippen LogP contribution in [-0.4, -0.2) is 65.4 Å². The first kappa shape index (κ1) is 24.6. The van der Waals surface area contributed by atoms with Gasteiger partial charge < -0.3 is 5.11 Å². The molecule has 0 atom stereocenters. The van der Waals surface area contributed by atoms with E-state index in [1.165, 1.54) is 6.07 Å². The Labute approximate surface area is 153 Å². The first-order valence-electron chi connectivity index (χ1n) is 6.32. The number of halogens is 4. The predicted octanol–water partition coefficient (Wildman–Crippen LogP) is 2.03. The average molecular weight is 443 g/mol. The van der Waals surface area contributed by atoms with Crippen LogP contribution in [0, 0.1) is 0 Å². The summed E-state index contributed by atoms with van der Waals surface area (Å²) in [5, 5.41) is 8.99. The van der Waals surface area contributed by atoms with Gasteiger partial charge in [-0.2, -0.15) is 21.6 Å². The minimum absolute atomic E-state index is 0.0169. The van der Waals surface area contributed by atoms with Crippen molar-refractivity contribution < 1.29 is 44.5 Å². The van der Waals surface area contributed by atoms with Gasteiger partial charge >= 0.3 is 21.6 Å². The fourth-order valence-corrected chi connectivity index (χ4v) is 2.81. The summed E-state index contributed by atoms with van der Waals surface area (Å²) in [6, 6.07) is 2.50. The first-order chi connectivity index (χ1) is 11.2. The van der Waals surface area contributed by atoms with Gasteiger partial charge in [-0.3, -0.25) is 9.04 Å². The van der Waals surface area contributed by atoms with Crippen LogP contribution in [-0.2, 0) is 20.0 Å². The number of quaternary nitrogens is 1. The normalized spacial score (nSPS) is 13.0. The Morgan fingerprint density at radius 1 is 1.12 bits per heavy atom. The molecule has 2 N–H and O–H groups in total. The third-order valence-corrected chi connectivity index (χ3v) is 4.72. The molecular weight excluding hydrogens is 427 g/mol. The Balaban J connectivity index is 0.000000660. The number of rotatable bonds is 3. The molecule has 1 aromatic carbocycles. The van der Waals surface area contributed by atoms with Crippen LogP contribution in [0.1, 0.15) is 10.4 Å². The lowest BCUT2D eigenvalue weighted by Crippen LogP contribution is -2.36. The van der Waals surface area contributed by atoms with Crippen LogP contribution < -0.4 is 4.48 Å². The number of hydrogen-bond donors (Lipinski definition) is 2. The van der Waals surface area contributed by atoms with Gasteiger partial charge in [-0.25, -0.2) is 13.2 Å². The maximum atomic E-state index is 11.7. The highest BCUT2D eigenvalue weighted by Crippen LogP contribution is 2.33. The van der Waals surface area contributed by atoms with Crippen LogP contribution in [0.2, 0.25) is 5.02 Å². The molecule has 0 bridgehead atoms. The molecule has 0 aliphatic carbocycles. The SMILES string of the molecule is C[N+](C)(C)c1cc(Cl)c(C(=O)O)cc1S(C)(=O)=O.O=S(=O)(O)C(F)(F)F. The predicted molar refractivity (Wildman–Crippen MR) is 88.7 cm³/mol. The van der Waals surface area contributed by atoms with Crippen molar-refractivity contribution in [1.29, 1.82) is 0 Å². The zero-order valence-electron chi connectivity index (χ0n) is 13.9. The second kappa shape index (κ2) is 7.68. The molecule has 0 spiro atoms. The third kappa shape index (κ3) is 6.72. The van der Waals surface area contributed by atoms with Gasteiger partial charge in [0.25, 0.3) is 0 Å². The monoisotopic (exact) mass is 442 g/mol. The van der Waals surface area contributed by atoms with Crippen molar-refractivity contribution in [3.63, 3.8) is 0 Å². The molecule has 0 saturated heterocycles. The molecule has 0 aromatic heterocycles. The maximum Gasteiger partial charge on any atom is 0.522 e. The Kier molecular flexibility index (Phi) is 7.26. The fraction of sp³-hybridized carbons (Fsp3) is 0.417. The van der Waals surface area contributed by atoms with Gasteiger partial charge in [0.05, 0.1) is 31.7 Å². The molecule has 150 valence electrons. The summed E-state index contributed by atoms with van der Waals surface area (Å²) in [6.45, 7) is 0. The number of carboxylic acid groups (broad SMARTS) is 1. The number of carbonyl (C=O) groups is 1. The number of hydrogen-bond acceptors (Lipinski definition) is 5. The lowest BCUT2D eigenvalue weighted by molar-refractivity contribution is -0.0510. The zero-order chi connectivity index (χ0) is 21.3. The molecular formula is C12H16ClF3NO7S2+. The Hall–Kier alpha value is -1.41. The number of benzene rings is 1. The molecule has 14 heteroatoms. The van der Waals surface area contributed by atoms with E-state index in [2.05, 4.69) is 0 Å². The van der Waals surface area contributed by atoms with E-state index in [9.17, 15) is 26.4 Å². The van der Waals surface area contributed by atoms with Crippen LogP contribution >= 0.6 is 11.6 Å². The summed E-state index contributed by atoms with van der Waals surface area (Å²) in [7, 11) is -4.03. The Bertz CT molecular complexity index is 904. The second-order valence-corrected chi connectivity index (χ2v) is 9.61. The molecule has 0 fully saturated rings. The zero-order valence-corrected chi connectivity index (χ0v) is 16.3. The first-order valence-corrected chi connectivity index (χ1v) is 10.0. The summed E-state index contributed by atoms with van der Waals surface area (Å²) in [5.74, 6) is -1.25. The topological polar surface area (TPSA) is 126 Å². The lowest BCUT2D eigenvalue weighted by atomic mass is 10.2. The van der Waals surface area contributed by atoms with Gasteiger partial charge in [-0.15, -0.1) is 0 Å². The van der Waals surface area contributed by atoms with Crippen LogP contribution in [0.4, 0.5) is 18.9 Å². The van der Waals surface area contributed by atoms with Crippen molar-refractivity contribution in [2.75, 3.05) is 27.4 Å². The number of aromatic carboxylic acids is 1. The third-order valence-electron chi connectivity index (χ3n) is 2.69. The van der Waals surface area contributed by atoms with Gasteiger partial charge in [-0.1, -0.05) is 11.6 Å². The van der Waals surface area contributed by atoms with Crippen molar-refractivity contribution in [2.24, 2.45) is 0 Å². The van der Waals surface area contributed by atoms with Gasteiger partial charge in [0.1, 0.15) is 4.90 Å². The van der Waals surface area contributed by atoms with Crippen molar-refractivity contribution in [2.45, 2.75) is 10.4 Å². The largest absolute Gasteiger partial charge is 0.522 e. The van der Waals surface area contributed by atoms with E-state index in [4.69, 9.17) is 29.7 Å². The summed E-state index contributed by atoms with van der Waals surface area (Å²) in [6.07, 6.45) is 1.04. The highest BCUT2D eigenvalue weighted by atomic mass is 35.5. The molecule has 0 radical (unpaired) electrons. The number of carboxylic acids is 1. The van der Waals surface area contributed by atoms with E-state index in [0.29, 0.717) is 5.69 Å². The van der Waals surface area contributed by atoms with E-state index in [1.807, 2.05) is 0 Å². The van der Waals surface area contributed by atoms with Crippen molar-refractivity contribution in [3.05, 3.63) is 22.7 Å². The minimum atomic E-state index is -5.84. The Morgan fingerprint density at radius 2 is 1.50 bits per heavy atom. The quantitative estimate of drug-likeness (QED) is 0.416. The van der Waals surface area contributed by atoms with Gasteiger partial charge in [-0.05, 0) is 6.07 Å². The maximum absolute atomic E-state index is 11.7. The van der Waals surface area contributed by atoms with Crippen LogP contribution in [0.15, 0.2) is 17.0 Å². The number of sulfone groups is 1. The van der Waals surface area contributed by atoms with Crippen molar-refractivity contribution >= 4 is 43.2 Å². The van der Waals surface area contributed by atoms with E-state index in [-0.39, 0.29) is 20.0 Å². The highest BCUT2D eigenvalue weighted by Gasteiger charge is 2.44. The molecule has 0 aliphatic rings. The van der Waals surface area contributed by atoms with Crippen LogP contribution in [0.25, 0.3) is 0 Å². The van der Waals surface area contributed by atoms with Gasteiger partial charge in [0.2, 0.25) is 0 Å². The summed E-state index contributed by atoms with van der Waals surface area (Å²) in [4.78, 5) is 11.0. The average Bonchev–Trinajstić information content (AvgIpc) is 2.33. The molecule has 0 amide bonds. The molecule has 0 heterocycles. The minimum Gasteiger partial charge on any atom is -0.478 e. The number of alkyl halides is 3. The molecule has 1 rings (SSSR count). The van der Waals surface area contributed by atoms with E-state index in [0.717, 1.165) is 12.3 Å². The molecule has 1 aromatic rings. The van der Waals surface area contributed by atoms with Crippen LogP contribution in [0.5, 0.6) is 0 Å². The van der Waals surface area contributed by atoms with Crippen molar-refractivity contribution in [1.82, 2.24) is 4.48 Å². The molecule has 0 unspecified atom stereocenters. The summed E-state index contributed by atoms with van der Waals surface area (Å²) in [5.41, 5.74) is -5.30. The molecule has 0 saturated carbocycles. The standard InChI is InChI=1S/C11H14ClNO4S.CHF3O3S/c1-13(2,3)9-6-8(12)7(11(14)15)5-10(9)18(4,16)17;2-1(3,4)8(5,6)7/h5-6H,1-4H3;(H,5,6,7)/p+1. The van der Waals surface area contributed by atoms with Gasteiger partial charge in [0, 0.05) is 12.3 Å². The summed E-state index contributed by atoms with van der Waals surface area (Å²) < 4.78 is 81.2. The molecule has 8 nitrogen and oxygen atoms in total. The van der Waals surface area contributed by atoms with Gasteiger partial charge in [0.15, 0.2) is 15.5 Å². The second-order valence-electron chi connectivity index (χ2n) is 5.81. The Morgan fingerprint density at radius 3 is 1.73 bits per heavy atom. The molecule has 0 aliphatic heterocycles. The highest BCUT2D eigenvalue weighted by molar-refractivity contribution is 7.90. The number of nitrogens with zero attached hydrogens (tertiary/aromatic N) is 1.